The van der Waals surface area contributed by atoms with Gasteiger partial charge in [0.1, 0.15) is 11.2 Å². The molecular formula is C14H21N3O3. The lowest BCUT2D eigenvalue weighted by Crippen LogP contribution is -2.44. The third-order valence-corrected chi connectivity index (χ3v) is 3.48. The van der Waals surface area contributed by atoms with E-state index in [1.165, 1.54) is 7.11 Å². The van der Waals surface area contributed by atoms with Gasteiger partial charge in [-0.25, -0.2) is 0 Å². The Balaban J connectivity index is 3.09. The Labute approximate surface area is 118 Å². The van der Waals surface area contributed by atoms with Crippen molar-refractivity contribution in [3.05, 3.63) is 23.8 Å². The Morgan fingerprint density at radius 3 is 2.70 bits per heavy atom. The van der Waals surface area contributed by atoms with Gasteiger partial charge in [0.15, 0.2) is 5.84 Å². The van der Waals surface area contributed by atoms with E-state index in [9.17, 15) is 4.79 Å². The molecule has 0 aromatic heterocycles. The van der Waals surface area contributed by atoms with Gasteiger partial charge in [-0.1, -0.05) is 18.1 Å². The third-order valence-electron chi connectivity index (χ3n) is 3.48. The number of benzene rings is 1. The first-order valence-corrected chi connectivity index (χ1v) is 6.33. The van der Waals surface area contributed by atoms with E-state index in [1.807, 2.05) is 13.0 Å². The molecule has 1 rings (SSSR count). The molecule has 0 saturated carbocycles. The Bertz CT molecular complexity index is 528. The lowest BCUT2D eigenvalue weighted by Gasteiger charge is -2.25. The molecule has 0 heterocycles. The van der Waals surface area contributed by atoms with Gasteiger partial charge < -0.3 is 21.0 Å². The number of amidine groups is 1. The average molecular weight is 279 g/mol. The van der Waals surface area contributed by atoms with Crippen LogP contribution in [-0.2, 0) is 4.79 Å². The minimum Gasteiger partial charge on any atom is -0.495 e. The van der Waals surface area contributed by atoms with Crippen molar-refractivity contribution in [2.24, 2.45) is 16.3 Å². The highest BCUT2D eigenvalue weighted by molar-refractivity contribution is 6.11. The summed E-state index contributed by atoms with van der Waals surface area (Å²) in [6.07, 6.45) is 0.406. The highest BCUT2D eigenvalue weighted by Gasteiger charge is 2.36. The fourth-order valence-corrected chi connectivity index (χ4v) is 1.75. The minimum atomic E-state index is -1.08. The summed E-state index contributed by atoms with van der Waals surface area (Å²) in [6.45, 7) is 5.34. The molecule has 0 radical (unpaired) electrons. The molecule has 1 unspecified atom stereocenters. The molecule has 0 aliphatic heterocycles. The fourth-order valence-electron chi connectivity index (χ4n) is 1.75. The zero-order valence-corrected chi connectivity index (χ0v) is 12.2. The SMILES string of the molecule is CCC(C)(C(=O)Nc1cc(C)ccc1OC)/C(N)=N/O. The second kappa shape index (κ2) is 6.27. The zero-order chi connectivity index (χ0) is 15.3. The molecule has 0 spiro atoms. The van der Waals surface area contributed by atoms with E-state index in [4.69, 9.17) is 15.7 Å². The van der Waals surface area contributed by atoms with Crippen molar-refractivity contribution in [2.45, 2.75) is 27.2 Å². The topological polar surface area (TPSA) is 96.9 Å². The van der Waals surface area contributed by atoms with Gasteiger partial charge in [-0.3, -0.25) is 4.79 Å². The zero-order valence-electron chi connectivity index (χ0n) is 12.2. The summed E-state index contributed by atoms with van der Waals surface area (Å²) in [7, 11) is 1.53. The Hall–Kier alpha value is -2.24. The quantitative estimate of drug-likeness (QED) is 0.333. The van der Waals surface area contributed by atoms with Crippen LogP contribution in [-0.4, -0.2) is 24.1 Å². The second-order valence-electron chi connectivity index (χ2n) is 4.83. The first-order chi connectivity index (χ1) is 9.38. The van der Waals surface area contributed by atoms with Gasteiger partial charge in [0.05, 0.1) is 12.8 Å². The standard InChI is InChI=1S/C14H21N3O3/c1-5-14(3,12(15)17-19)13(18)16-10-8-9(2)6-7-11(10)20-4/h6-8,19H,5H2,1-4H3,(H2,15,17)(H,16,18). The van der Waals surface area contributed by atoms with E-state index in [2.05, 4.69) is 10.5 Å². The number of nitrogens with zero attached hydrogens (tertiary/aromatic N) is 1. The number of rotatable bonds is 5. The summed E-state index contributed by atoms with van der Waals surface area (Å²) >= 11 is 0. The van der Waals surface area contributed by atoms with E-state index < -0.39 is 5.41 Å². The van der Waals surface area contributed by atoms with Crippen LogP contribution in [0.5, 0.6) is 5.75 Å². The Morgan fingerprint density at radius 1 is 1.55 bits per heavy atom. The second-order valence-corrected chi connectivity index (χ2v) is 4.83. The summed E-state index contributed by atoms with van der Waals surface area (Å²) in [5.74, 6) is 0.0882. The predicted octanol–water partition coefficient (Wildman–Crippen LogP) is 2.10. The Morgan fingerprint density at radius 2 is 2.20 bits per heavy atom. The third kappa shape index (κ3) is 3.01. The van der Waals surface area contributed by atoms with Gasteiger partial charge in [-0.2, -0.15) is 0 Å². The van der Waals surface area contributed by atoms with Crippen LogP contribution in [0.4, 0.5) is 5.69 Å². The first kappa shape index (κ1) is 15.8. The van der Waals surface area contributed by atoms with Gasteiger partial charge in [0.25, 0.3) is 0 Å². The molecule has 0 bridgehead atoms. The highest BCUT2D eigenvalue weighted by Crippen LogP contribution is 2.29. The van der Waals surface area contributed by atoms with E-state index in [0.717, 1.165) is 5.56 Å². The number of anilines is 1. The smallest absolute Gasteiger partial charge is 0.238 e. The molecule has 0 aliphatic rings. The molecule has 110 valence electrons. The number of nitrogens with two attached hydrogens (primary N) is 1. The molecule has 4 N–H and O–H groups in total. The largest absolute Gasteiger partial charge is 0.495 e. The fraction of sp³-hybridized carbons (Fsp3) is 0.429. The van der Waals surface area contributed by atoms with Crippen molar-refractivity contribution in [3.63, 3.8) is 0 Å². The van der Waals surface area contributed by atoms with E-state index in [1.54, 1.807) is 26.0 Å². The van der Waals surface area contributed by atoms with Gasteiger partial charge in [0.2, 0.25) is 5.91 Å². The number of methoxy groups -OCH3 is 1. The number of nitrogens with one attached hydrogen (secondary N) is 1. The summed E-state index contributed by atoms with van der Waals surface area (Å²) < 4.78 is 5.21. The van der Waals surface area contributed by atoms with Gasteiger partial charge in [-0.05, 0) is 38.0 Å². The normalized spacial score (nSPS) is 14.5. The van der Waals surface area contributed by atoms with E-state index >= 15 is 0 Å². The van der Waals surface area contributed by atoms with Crippen molar-refractivity contribution >= 4 is 17.4 Å². The maximum Gasteiger partial charge on any atom is 0.238 e. The molecule has 1 aromatic rings. The number of hydrogen-bond acceptors (Lipinski definition) is 4. The van der Waals surface area contributed by atoms with Crippen LogP contribution >= 0.6 is 0 Å². The van der Waals surface area contributed by atoms with Crippen LogP contribution in [0.3, 0.4) is 0 Å². The number of amides is 1. The number of carbonyl (C=O) groups is 1. The van der Waals surface area contributed by atoms with Crippen LogP contribution in [0.15, 0.2) is 23.4 Å². The molecule has 0 aliphatic carbocycles. The molecule has 1 atom stereocenters. The highest BCUT2D eigenvalue weighted by atomic mass is 16.5. The lowest BCUT2D eigenvalue weighted by atomic mass is 9.85. The van der Waals surface area contributed by atoms with Gasteiger partial charge >= 0.3 is 0 Å². The maximum absolute atomic E-state index is 12.4. The van der Waals surface area contributed by atoms with Crippen molar-refractivity contribution in [1.29, 1.82) is 0 Å². The lowest BCUT2D eigenvalue weighted by molar-refractivity contribution is -0.121. The Kier molecular flexibility index (Phi) is 4.96. The molecular weight excluding hydrogens is 258 g/mol. The van der Waals surface area contributed by atoms with E-state index in [-0.39, 0.29) is 11.7 Å². The van der Waals surface area contributed by atoms with Crippen LogP contribution in [0.1, 0.15) is 25.8 Å². The minimum absolute atomic E-state index is 0.121. The van der Waals surface area contributed by atoms with Crippen molar-refractivity contribution in [1.82, 2.24) is 0 Å². The summed E-state index contributed by atoms with van der Waals surface area (Å²) in [5, 5.41) is 14.5. The number of aryl methyl sites for hydroxylation is 1. The van der Waals surface area contributed by atoms with Crippen LogP contribution in [0, 0.1) is 12.3 Å². The van der Waals surface area contributed by atoms with E-state index in [0.29, 0.717) is 17.9 Å². The van der Waals surface area contributed by atoms with Crippen molar-refractivity contribution in [3.8, 4) is 5.75 Å². The van der Waals surface area contributed by atoms with Crippen molar-refractivity contribution in [2.75, 3.05) is 12.4 Å². The summed E-state index contributed by atoms with van der Waals surface area (Å²) in [4.78, 5) is 12.4. The van der Waals surface area contributed by atoms with Crippen LogP contribution in [0.25, 0.3) is 0 Å². The maximum atomic E-state index is 12.4. The van der Waals surface area contributed by atoms with Gasteiger partial charge in [0, 0.05) is 0 Å². The number of ether oxygens (including phenoxy) is 1. The van der Waals surface area contributed by atoms with Gasteiger partial charge in [-0.15, -0.1) is 0 Å². The summed E-state index contributed by atoms with van der Waals surface area (Å²) in [6, 6.07) is 5.47. The molecule has 6 nitrogen and oxygen atoms in total. The average Bonchev–Trinajstić information content (AvgIpc) is 2.45. The molecule has 6 heteroatoms. The van der Waals surface area contributed by atoms with Crippen LogP contribution < -0.4 is 15.8 Å². The molecule has 20 heavy (non-hydrogen) atoms. The number of carbonyl (C=O) groups excluding carboxylic acids is 1. The molecule has 1 aromatic carbocycles. The first-order valence-electron chi connectivity index (χ1n) is 6.33. The van der Waals surface area contributed by atoms with Crippen LogP contribution in [0.2, 0.25) is 0 Å². The summed E-state index contributed by atoms with van der Waals surface area (Å²) in [5.41, 5.74) is 6.09. The molecule has 1 amide bonds. The molecule has 0 fully saturated rings. The number of oxime groups is 1. The predicted molar refractivity (Wildman–Crippen MR) is 78.2 cm³/mol. The monoisotopic (exact) mass is 279 g/mol. The number of hydrogen-bond donors (Lipinski definition) is 3. The molecule has 0 saturated heterocycles. The van der Waals surface area contributed by atoms with Crippen molar-refractivity contribution < 1.29 is 14.7 Å².